The Hall–Kier alpha value is -2.23. The lowest BCUT2D eigenvalue weighted by molar-refractivity contribution is 0.0730. The molecular formula is C16H19N3O5S. The zero-order valence-electron chi connectivity index (χ0n) is 13.8. The maximum absolute atomic E-state index is 12.5. The molecule has 1 aliphatic rings. The molecule has 1 fully saturated rings. The van der Waals surface area contributed by atoms with Gasteiger partial charge in [0.25, 0.3) is 5.91 Å². The maximum Gasteiger partial charge on any atom is 0.251 e. The van der Waals surface area contributed by atoms with Gasteiger partial charge in [0.15, 0.2) is 5.76 Å². The summed E-state index contributed by atoms with van der Waals surface area (Å²) in [7, 11) is -3.56. The van der Waals surface area contributed by atoms with Crippen molar-refractivity contribution in [3.63, 3.8) is 0 Å². The number of ether oxygens (including phenoxy) is 1. The highest BCUT2D eigenvalue weighted by atomic mass is 32.2. The largest absolute Gasteiger partial charge is 0.379 e. The van der Waals surface area contributed by atoms with E-state index in [1.807, 2.05) is 0 Å². The SMILES string of the molecule is Cc1cc(CNC(=O)c2ccc(S(=O)(=O)N3CCOCC3)cc2)on1. The molecule has 2 heterocycles. The number of nitrogens with zero attached hydrogens (tertiary/aromatic N) is 2. The summed E-state index contributed by atoms with van der Waals surface area (Å²) < 4.78 is 36.6. The number of aromatic nitrogens is 1. The van der Waals surface area contributed by atoms with Crippen molar-refractivity contribution in [3.8, 4) is 0 Å². The van der Waals surface area contributed by atoms with Gasteiger partial charge in [-0.3, -0.25) is 4.79 Å². The Morgan fingerprint density at radius 3 is 2.52 bits per heavy atom. The fourth-order valence-corrected chi connectivity index (χ4v) is 3.89. The number of rotatable bonds is 5. The van der Waals surface area contributed by atoms with Gasteiger partial charge < -0.3 is 14.6 Å². The number of aryl methyl sites for hydroxylation is 1. The molecule has 0 radical (unpaired) electrons. The van der Waals surface area contributed by atoms with Crippen molar-refractivity contribution in [3.05, 3.63) is 47.3 Å². The van der Waals surface area contributed by atoms with E-state index in [4.69, 9.17) is 9.26 Å². The van der Waals surface area contributed by atoms with Gasteiger partial charge in [-0.15, -0.1) is 0 Å². The monoisotopic (exact) mass is 365 g/mol. The molecule has 1 N–H and O–H groups in total. The van der Waals surface area contributed by atoms with Crippen molar-refractivity contribution >= 4 is 15.9 Å². The maximum atomic E-state index is 12.5. The van der Waals surface area contributed by atoms with Crippen LogP contribution < -0.4 is 5.32 Å². The fraction of sp³-hybridized carbons (Fsp3) is 0.375. The van der Waals surface area contributed by atoms with Gasteiger partial charge in [0, 0.05) is 24.7 Å². The van der Waals surface area contributed by atoms with Gasteiger partial charge in [-0.2, -0.15) is 4.31 Å². The van der Waals surface area contributed by atoms with Crippen LogP contribution in [-0.4, -0.2) is 50.1 Å². The Labute approximate surface area is 145 Å². The third-order valence-electron chi connectivity index (χ3n) is 3.82. The van der Waals surface area contributed by atoms with E-state index < -0.39 is 10.0 Å². The minimum Gasteiger partial charge on any atom is -0.379 e. The second-order valence-corrected chi connectivity index (χ2v) is 7.60. The average molecular weight is 365 g/mol. The summed E-state index contributed by atoms with van der Waals surface area (Å²) in [5.41, 5.74) is 1.11. The van der Waals surface area contributed by atoms with Gasteiger partial charge >= 0.3 is 0 Å². The highest BCUT2D eigenvalue weighted by Crippen LogP contribution is 2.17. The van der Waals surface area contributed by atoms with Crippen LogP contribution in [0.1, 0.15) is 21.8 Å². The Morgan fingerprint density at radius 1 is 1.24 bits per heavy atom. The van der Waals surface area contributed by atoms with E-state index in [0.29, 0.717) is 37.6 Å². The molecule has 1 amide bonds. The summed E-state index contributed by atoms with van der Waals surface area (Å²) in [5, 5.41) is 6.44. The van der Waals surface area contributed by atoms with Crippen molar-refractivity contribution in [2.75, 3.05) is 26.3 Å². The van der Waals surface area contributed by atoms with Crippen molar-refractivity contribution in [2.45, 2.75) is 18.4 Å². The molecule has 9 heteroatoms. The molecule has 1 aromatic carbocycles. The van der Waals surface area contributed by atoms with Crippen LogP contribution in [0.2, 0.25) is 0 Å². The van der Waals surface area contributed by atoms with Crippen LogP contribution in [0.5, 0.6) is 0 Å². The van der Waals surface area contributed by atoms with Crippen LogP contribution >= 0.6 is 0 Å². The molecule has 25 heavy (non-hydrogen) atoms. The molecule has 1 saturated heterocycles. The lowest BCUT2D eigenvalue weighted by atomic mass is 10.2. The molecule has 0 spiro atoms. The second-order valence-electron chi connectivity index (χ2n) is 5.66. The number of carbonyl (C=O) groups is 1. The molecule has 0 saturated carbocycles. The lowest BCUT2D eigenvalue weighted by Crippen LogP contribution is -2.40. The molecule has 134 valence electrons. The number of benzene rings is 1. The van der Waals surface area contributed by atoms with Crippen LogP contribution in [0.4, 0.5) is 0 Å². The van der Waals surface area contributed by atoms with Crippen LogP contribution in [0.3, 0.4) is 0 Å². The predicted octanol–water partition coefficient (Wildman–Crippen LogP) is 0.934. The van der Waals surface area contributed by atoms with E-state index in [1.165, 1.54) is 28.6 Å². The van der Waals surface area contributed by atoms with Gasteiger partial charge in [0.2, 0.25) is 10.0 Å². The second kappa shape index (κ2) is 7.34. The molecule has 0 unspecified atom stereocenters. The summed E-state index contributed by atoms with van der Waals surface area (Å²) >= 11 is 0. The van der Waals surface area contributed by atoms with E-state index in [1.54, 1.807) is 13.0 Å². The Morgan fingerprint density at radius 2 is 1.92 bits per heavy atom. The number of sulfonamides is 1. The first-order valence-corrected chi connectivity index (χ1v) is 9.29. The lowest BCUT2D eigenvalue weighted by Gasteiger charge is -2.26. The summed E-state index contributed by atoms with van der Waals surface area (Å²) in [6.07, 6.45) is 0. The van der Waals surface area contributed by atoms with Gasteiger partial charge in [-0.1, -0.05) is 5.16 Å². The molecular weight excluding hydrogens is 346 g/mol. The Bertz CT molecular complexity index is 839. The van der Waals surface area contributed by atoms with E-state index in [-0.39, 0.29) is 17.3 Å². The topological polar surface area (TPSA) is 102 Å². The predicted molar refractivity (Wildman–Crippen MR) is 88.4 cm³/mol. The first-order valence-electron chi connectivity index (χ1n) is 7.85. The summed E-state index contributed by atoms with van der Waals surface area (Å²) in [4.78, 5) is 12.3. The fourth-order valence-electron chi connectivity index (χ4n) is 2.48. The molecule has 0 bridgehead atoms. The van der Waals surface area contributed by atoms with E-state index >= 15 is 0 Å². The van der Waals surface area contributed by atoms with Crippen molar-refractivity contribution in [1.82, 2.24) is 14.8 Å². The van der Waals surface area contributed by atoms with Crippen LogP contribution in [0.15, 0.2) is 39.8 Å². The van der Waals surface area contributed by atoms with E-state index in [9.17, 15) is 13.2 Å². The smallest absolute Gasteiger partial charge is 0.251 e. The summed E-state index contributed by atoms with van der Waals surface area (Å²) in [6.45, 7) is 3.46. The zero-order valence-corrected chi connectivity index (χ0v) is 14.6. The van der Waals surface area contributed by atoms with Crippen LogP contribution in [0.25, 0.3) is 0 Å². The molecule has 0 aliphatic carbocycles. The molecule has 3 rings (SSSR count). The van der Waals surface area contributed by atoms with E-state index in [2.05, 4.69) is 10.5 Å². The summed E-state index contributed by atoms with van der Waals surface area (Å²) in [5.74, 6) is 0.238. The van der Waals surface area contributed by atoms with Gasteiger partial charge in [-0.05, 0) is 31.2 Å². The van der Waals surface area contributed by atoms with Crippen LogP contribution in [0, 0.1) is 6.92 Å². The number of morpholine rings is 1. The standard InChI is InChI=1S/C16H19N3O5S/c1-12-10-14(24-18-12)11-17-16(20)13-2-4-15(5-3-13)25(21,22)19-6-8-23-9-7-19/h2-5,10H,6-9,11H2,1H3,(H,17,20). The number of nitrogens with one attached hydrogen (secondary N) is 1. The quantitative estimate of drug-likeness (QED) is 0.846. The van der Waals surface area contributed by atoms with Crippen LogP contribution in [-0.2, 0) is 21.3 Å². The number of carbonyl (C=O) groups excluding carboxylic acids is 1. The first-order chi connectivity index (χ1) is 12.0. The van der Waals surface area contributed by atoms with E-state index in [0.717, 1.165) is 5.69 Å². The summed E-state index contributed by atoms with van der Waals surface area (Å²) in [6, 6.07) is 7.61. The molecule has 1 aromatic heterocycles. The number of amides is 1. The zero-order chi connectivity index (χ0) is 17.9. The highest BCUT2D eigenvalue weighted by Gasteiger charge is 2.26. The van der Waals surface area contributed by atoms with Crippen molar-refractivity contribution in [1.29, 1.82) is 0 Å². The minimum absolute atomic E-state index is 0.164. The highest BCUT2D eigenvalue weighted by molar-refractivity contribution is 7.89. The molecule has 2 aromatic rings. The first kappa shape index (κ1) is 17.6. The molecule has 0 atom stereocenters. The normalized spacial score (nSPS) is 15.9. The molecule has 8 nitrogen and oxygen atoms in total. The Kier molecular flexibility index (Phi) is 5.16. The van der Waals surface area contributed by atoms with Gasteiger partial charge in [0.05, 0.1) is 30.3 Å². The third kappa shape index (κ3) is 4.06. The van der Waals surface area contributed by atoms with Gasteiger partial charge in [0.1, 0.15) is 0 Å². The number of hydrogen-bond donors (Lipinski definition) is 1. The van der Waals surface area contributed by atoms with Crippen molar-refractivity contribution in [2.24, 2.45) is 0 Å². The molecule has 1 aliphatic heterocycles. The number of hydrogen-bond acceptors (Lipinski definition) is 6. The van der Waals surface area contributed by atoms with Crippen molar-refractivity contribution < 1.29 is 22.5 Å². The van der Waals surface area contributed by atoms with Gasteiger partial charge in [-0.25, -0.2) is 8.42 Å². The third-order valence-corrected chi connectivity index (χ3v) is 5.74. The Balaban J connectivity index is 1.65. The average Bonchev–Trinajstić information content (AvgIpc) is 3.06. The minimum atomic E-state index is -3.56.